The molecule has 2 rings (SSSR count). The number of urea groups is 1. The summed E-state index contributed by atoms with van der Waals surface area (Å²) >= 11 is 1.48. The van der Waals surface area contributed by atoms with Gasteiger partial charge in [-0.2, -0.15) is 0 Å². The third kappa shape index (κ3) is 4.88. The highest BCUT2D eigenvalue weighted by Crippen LogP contribution is 2.06. The summed E-state index contributed by atoms with van der Waals surface area (Å²) in [5.41, 5.74) is 1.12. The van der Waals surface area contributed by atoms with Crippen LogP contribution in [0.25, 0.3) is 0 Å². The number of nitrogens with one attached hydrogen (secondary N) is 2. The number of hydrogen-bond donors (Lipinski definition) is 3. The Morgan fingerprint density at radius 1 is 1.29 bits per heavy atom. The summed E-state index contributed by atoms with van der Waals surface area (Å²) in [4.78, 5) is 26.5. The minimum absolute atomic E-state index is 0.251. The Bertz CT molecular complexity index is 614. The van der Waals surface area contributed by atoms with Gasteiger partial charge in [0.05, 0.1) is 12.1 Å². The van der Waals surface area contributed by atoms with E-state index in [2.05, 4.69) is 15.6 Å². The molecule has 1 aromatic carbocycles. The number of thiazole rings is 1. The molecule has 2 amide bonds. The number of carboxylic acid groups (broad SMARTS) is 1. The van der Waals surface area contributed by atoms with Gasteiger partial charge in [-0.05, 0) is 24.1 Å². The van der Waals surface area contributed by atoms with E-state index in [1.807, 2.05) is 11.4 Å². The van der Waals surface area contributed by atoms with Crippen LogP contribution in [0.2, 0.25) is 0 Å². The van der Waals surface area contributed by atoms with Crippen molar-refractivity contribution < 1.29 is 14.7 Å². The molecule has 0 bridgehead atoms. The first-order valence-corrected chi connectivity index (χ1v) is 7.25. The Labute approximate surface area is 125 Å². The maximum atomic E-state index is 11.6. The third-order valence-corrected chi connectivity index (χ3v) is 3.54. The molecular formula is C14H15N3O3S. The van der Waals surface area contributed by atoms with E-state index in [4.69, 9.17) is 5.11 Å². The summed E-state index contributed by atoms with van der Waals surface area (Å²) in [5.74, 6) is -0.953. The van der Waals surface area contributed by atoms with Crippen molar-refractivity contribution in [3.05, 3.63) is 52.0 Å². The highest BCUT2D eigenvalue weighted by atomic mass is 32.1. The fraction of sp³-hybridized carbons (Fsp3) is 0.214. The van der Waals surface area contributed by atoms with Crippen molar-refractivity contribution in [2.24, 2.45) is 0 Å². The summed E-state index contributed by atoms with van der Waals surface area (Å²) in [6.07, 6.45) is 2.26. The molecule has 2 aromatic rings. The molecular weight excluding hydrogens is 290 g/mol. The first-order valence-electron chi connectivity index (χ1n) is 6.37. The van der Waals surface area contributed by atoms with Crippen LogP contribution in [0.15, 0.2) is 35.8 Å². The summed E-state index contributed by atoms with van der Waals surface area (Å²) < 4.78 is 0. The van der Waals surface area contributed by atoms with Crippen LogP contribution >= 0.6 is 11.3 Å². The summed E-state index contributed by atoms with van der Waals surface area (Å²) in [7, 11) is 0. The zero-order chi connectivity index (χ0) is 15.1. The van der Waals surface area contributed by atoms with E-state index in [1.54, 1.807) is 24.4 Å². The van der Waals surface area contributed by atoms with Gasteiger partial charge in [0, 0.05) is 18.1 Å². The normalized spacial score (nSPS) is 10.1. The standard InChI is InChI=1S/C14H15N3O3S/c18-13(19)11-3-1-2-10(8-11)4-5-16-14(20)17-9-12-15-6-7-21-12/h1-3,6-8H,4-5,9H2,(H,18,19)(H2,16,17,20). The van der Waals surface area contributed by atoms with Gasteiger partial charge in [-0.25, -0.2) is 14.6 Å². The Morgan fingerprint density at radius 2 is 2.14 bits per heavy atom. The molecule has 0 saturated carbocycles. The fourth-order valence-electron chi connectivity index (χ4n) is 1.74. The van der Waals surface area contributed by atoms with Crippen molar-refractivity contribution in [1.82, 2.24) is 15.6 Å². The predicted octanol–water partition coefficient (Wildman–Crippen LogP) is 1.88. The maximum Gasteiger partial charge on any atom is 0.335 e. The smallest absolute Gasteiger partial charge is 0.335 e. The van der Waals surface area contributed by atoms with Crippen molar-refractivity contribution in [3.8, 4) is 0 Å². The van der Waals surface area contributed by atoms with Crippen LogP contribution < -0.4 is 10.6 Å². The van der Waals surface area contributed by atoms with Crippen LogP contribution in [0.3, 0.4) is 0 Å². The van der Waals surface area contributed by atoms with E-state index < -0.39 is 5.97 Å². The quantitative estimate of drug-likeness (QED) is 0.760. The summed E-state index contributed by atoms with van der Waals surface area (Å²) in [5, 5.41) is 17.0. The van der Waals surface area contributed by atoms with Crippen molar-refractivity contribution in [2.75, 3.05) is 6.54 Å². The Morgan fingerprint density at radius 3 is 2.86 bits per heavy atom. The number of aromatic carboxylic acids is 1. The van der Waals surface area contributed by atoms with Crippen LogP contribution in [0.4, 0.5) is 4.79 Å². The highest BCUT2D eigenvalue weighted by molar-refractivity contribution is 7.09. The van der Waals surface area contributed by atoms with Crippen LogP contribution in [0, 0.1) is 0 Å². The molecule has 1 heterocycles. The lowest BCUT2D eigenvalue weighted by molar-refractivity contribution is 0.0696. The number of carbonyl (C=O) groups is 2. The number of carboxylic acids is 1. The molecule has 21 heavy (non-hydrogen) atoms. The molecule has 7 heteroatoms. The van der Waals surface area contributed by atoms with E-state index >= 15 is 0 Å². The fourth-order valence-corrected chi connectivity index (χ4v) is 2.29. The molecule has 0 saturated heterocycles. The van der Waals surface area contributed by atoms with Gasteiger partial charge in [-0.3, -0.25) is 0 Å². The number of rotatable bonds is 6. The Hall–Kier alpha value is -2.41. The molecule has 0 aliphatic rings. The van der Waals surface area contributed by atoms with Crippen LogP contribution in [0.5, 0.6) is 0 Å². The zero-order valence-electron chi connectivity index (χ0n) is 11.2. The third-order valence-electron chi connectivity index (χ3n) is 2.76. The lowest BCUT2D eigenvalue weighted by atomic mass is 10.1. The van der Waals surface area contributed by atoms with Gasteiger partial charge in [0.25, 0.3) is 0 Å². The molecule has 3 N–H and O–H groups in total. The molecule has 0 aliphatic carbocycles. The lowest BCUT2D eigenvalue weighted by Gasteiger charge is -2.07. The zero-order valence-corrected chi connectivity index (χ0v) is 12.0. The van der Waals surface area contributed by atoms with Crippen LogP contribution in [0.1, 0.15) is 20.9 Å². The van der Waals surface area contributed by atoms with Gasteiger partial charge >= 0.3 is 12.0 Å². The van der Waals surface area contributed by atoms with E-state index in [9.17, 15) is 9.59 Å². The Kier molecular flexibility index (Phi) is 5.28. The van der Waals surface area contributed by atoms with Crippen molar-refractivity contribution in [1.29, 1.82) is 0 Å². The molecule has 0 fully saturated rings. The first-order chi connectivity index (χ1) is 10.1. The average Bonchev–Trinajstić information content (AvgIpc) is 2.99. The monoisotopic (exact) mass is 305 g/mol. The van der Waals surface area contributed by atoms with Crippen molar-refractivity contribution in [2.45, 2.75) is 13.0 Å². The largest absolute Gasteiger partial charge is 0.478 e. The van der Waals surface area contributed by atoms with Crippen molar-refractivity contribution >= 4 is 23.3 Å². The minimum atomic E-state index is -0.953. The van der Waals surface area contributed by atoms with Crippen LogP contribution in [-0.2, 0) is 13.0 Å². The van der Waals surface area contributed by atoms with E-state index in [-0.39, 0.29) is 11.6 Å². The van der Waals surface area contributed by atoms with Gasteiger partial charge in [0.15, 0.2) is 0 Å². The summed E-state index contributed by atoms with van der Waals surface area (Å²) in [6.45, 7) is 0.838. The van der Waals surface area contributed by atoms with Gasteiger partial charge in [0.2, 0.25) is 0 Å². The number of carbonyl (C=O) groups excluding carboxylic acids is 1. The Balaban J connectivity index is 1.72. The molecule has 0 atom stereocenters. The van der Waals surface area contributed by atoms with Gasteiger partial charge in [0.1, 0.15) is 5.01 Å². The van der Waals surface area contributed by atoms with Gasteiger partial charge in [-0.15, -0.1) is 11.3 Å². The van der Waals surface area contributed by atoms with E-state index in [0.29, 0.717) is 19.5 Å². The lowest BCUT2D eigenvalue weighted by Crippen LogP contribution is -2.36. The van der Waals surface area contributed by atoms with E-state index in [0.717, 1.165) is 10.6 Å². The highest BCUT2D eigenvalue weighted by Gasteiger charge is 2.04. The number of amides is 2. The number of benzene rings is 1. The first kappa shape index (κ1) is 15.0. The molecule has 110 valence electrons. The molecule has 0 radical (unpaired) electrons. The topological polar surface area (TPSA) is 91.3 Å². The van der Waals surface area contributed by atoms with Crippen molar-refractivity contribution in [3.63, 3.8) is 0 Å². The van der Waals surface area contributed by atoms with Gasteiger partial charge in [-0.1, -0.05) is 12.1 Å². The molecule has 6 nitrogen and oxygen atoms in total. The molecule has 0 aliphatic heterocycles. The molecule has 0 spiro atoms. The van der Waals surface area contributed by atoms with Crippen LogP contribution in [-0.4, -0.2) is 28.6 Å². The number of hydrogen-bond acceptors (Lipinski definition) is 4. The minimum Gasteiger partial charge on any atom is -0.478 e. The number of aromatic nitrogens is 1. The second kappa shape index (κ2) is 7.39. The number of nitrogens with zero attached hydrogens (tertiary/aromatic N) is 1. The summed E-state index contributed by atoms with van der Waals surface area (Å²) in [6, 6.07) is 6.42. The second-order valence-electron chi connectivity index (χ2n) is 4.29. The molecule has 1 aromatic heterocycles. The molecule has 0 unspecified atom stereocenters. The maximum absolute atomic E-state index is 11.6. The van der Waals surface area contributed by atoms with E-state index in [1.165, 1.54) is 11.3 Å². The predicted molar refractivity (Wildman–Crippen MR) is 79.5 cm³/mol. The average molecular weight is 305 g/mol. The second-order valence-corrected chi connectivity index (χ2v) is 5.27. The SMILES string of the molecule is O=C(NCCc1cccc(C(=O)O)c1)NCc1nccs1. The van der Waals surface area contributed by atoms with Gasteiger partial charge < -0.3 is 15.7 Å².